The van der Waals surface area contributed by atoms with Crippen molar-refractivity contribution in [3.8, 4) is 0 Å². The fraction of sp³-hybridized carbons (Fsp3) is 0.840. The van der Waals surface area contributed by atoms with Crippen LogP contribution in [0.3, 0.4) is 0 Å². The van der Waals surface area contributed by atoms with Crippen molar-refractivity contribution in [2.45, 2.75) is 129 Å². The molecule has 0 aliphatic rings. The van der Waals surface area contributed by atoms with Crippen molar-refractivity contribution in [3.05, 3.63) is 18.7 Å². The van der Waals surface area contributed by atoms with E-state index in [1.807, 2.05) is 12.5 Å². The molecule has 0 amide bonds. The van der Waals surface area contributed by atoms with Crippen molar-refractivity contribution in [2.75, 3.05) is 6.61 Å². The van der Waals surface area contributed by atoms with Gasteiger partial charge < -0.3 is 9.30 Å². The summed E-state index contributed by atoms with van der Waals surface area (Å²) in [5.74, 6) is -0.0349. The van der Waals surface area contributed by atoms with Gasteiger partial charge in [0.15, 0.2) is 0 Å². The zero-order valence-corrected chi connectivity index (χ0v) is 19.2. The topological polar surface area (TPSA) is 44.1 Å². The number of carbonyl (C=O) groups excluding carboxylic acids is 1. The number of unbranched alkanes of at least 4 members (excludes halogenated alkanes) is 11. The van der Waals surface area contributed by atoms with E-state index in [2.05, 4.69) is 29.6 Å². The number of aromatic nitrogens is 2. The third kappa shape index (κ3) is 14.3. The van der Waals surface area contributed by atoms with Crippen LogP contribution in [-0.4, -0.2) is 22.1 Å². The Hall–Kier alpha value is -1.32. The van der Waals surface area contributed by atoms with Gasteiger partial charge in [0.05, 0.1) is 12.9 Å². The van der Waals surface area contributed by atoms with Crippen molar-refractivity contribution in [3.63, 3.8) is 0 Å². The van der Waals surface area contributed by atoms with Crippen LogP contribution < -0.4 is 0 Å². The van der Waals surface area contributed by atoms with Crippen molar-refractivity contribution in [1.82, 2.24) is 9.55 Å². The molecule has 1 rings (SSSR count). The minimum atomic E-state index is -0.0349. The second-order valence-corrected chi connectivity index (χ2v) is 8.45. The minimum Gasteiger partial charge on any atom is -0.466 e. The largest absolute Gasteiger partial charge is 0.466 e. The maximum atomic E-state index is 11.7. The molecular formula is C25H46N2O2. The molecule has 1 heterocycles. The molecule has 1 atom stereocenters. The number of ether oxygens (including phenoxy) is 1. The van der Waals surface area contributed by atoms with Crippen LogP contribution in [0.5, 0.6) is 0 Å². The lowest BCUT2D eigenvalue weighted by atomic mass is 10.00. The Kier molecular flexibility index (Phi) is 16.6. The summed E-state index contributed by atoms with van der Waals surface area (Å²) in [6.45, 7) is 4.96. The molecule has 0 aromatic carbocycles. The predicted molar refractivity (Wildman–Crippen MR) is 122 cm³/mol. The fourth-order valence-corrected chi connectivity index (χ4v) is 3.85. The standard InChI is InChI=1S/C25H46N2O2/c1-3-5-7-8-9-10-11-12-13-14-17-24(27-21-20-26-23-27)18-15-16-19-25(28)29-22-6-4-2/h20-21,23-24H,3-19,22H2,1-2H3. The number of hydrogen-bond acceptors (Lipinski definition) is 3. The molecule has 0 aliphatic carbocycles. The number of rotatable bonds is 20. The summed E-state index contributed by atoms with van der Waals surface area (Å²) in [6, 6.07) is 0.516. The van der Waals surface area contributed by atoms with Crippen LogP contribution in [0.4, 0.5) is 0 Å². The van der Waals surface area contributed by atoms with E-state index in [1.54, 1.807) is 0 Å². The molecule has 1 aromatic heterocycles. The average molecular weight is 407 g/mol. The number of nitrogens with zero attached hydrogens (tertiary/aromatic N) is 2. The number of esters is 1. The van der Waals surface area contributed by atoms with Gasteiger partial charge in [-0.15, -0.1) is 0 Å². The van der Waals surface area contributed by atoms with Crippen LogP contribution in [0.15, 0.2) is 18.7 Å². The first-order chi connectivity index (χ1) is 14.3. The Balaban J connectivity index is 2.11. The van der Waals surface area contributed by atoms with Gasteiger partial charge in [-0.05, 0) is 25.7 Å². The summed E-state index contributed by atoms with van der Waals surface area (Å²) < 4.78 is 7.50. The molecule has 0 radical (unpaired) electrons. The lowest BCUT2D eigenvalue weighted by molar-refractivity contribution is -0.143. The van der Waals surface area contributed by atoms with E-state index in [0.717, 1.165) is 32.1 Å². The van der Waals surface area contributed by atoms with Crippen molar-refractivity contribution < 1.29 is 9.53 Å². The Bertz CT molecular complexity index is 473. The van der Waals surface area contributed by atoms with Crippen LogP contribution in [0, 0.1) is 0 Å². The van der Waals surface area contributed by atoms with E-state index >= 15 is 0 Å². The molecule has 4 nitrogen and oxygen atoms in total. The smallest absolute Gasteiger partial charge is 0.305 e. The molecule has 0 spiro atoms. The lowest BCUT2D eigenvalue weighted by Crippen LogP contribution is -2.09. The highest BCUT2D eigenvalue weighted by Crippen LogP contribution is 2.23. The second-order valence-electron chi connectivity index (χ2n) is 8.45. The first kappa shape index (κ1) is 25.7. The third-order valence-corrected chi connectivity index (χ3v) is 5.77. The van der Waals surface area contributed by atoms with Crippen LogP contribution in [0.1, 0.15) is 129 Å². The van der Waals surface area contributed by atoms with E-state index in [-0.39, 0.29) is 5.97 Å². The normalized spacial score (nSPS) is 12.2. The van der Waals surface area contributed by atoms with Crippen LogP contribution in [0.25, 0.3) is 0 Å². The van der Waals surface area contributed by atoms with Crippen molar-refractivity contribution in [1.29, 1.82) is 0 Å². The number of hydrogen-bond donors (Lipinski definition) is 0. The zero-order chi connectivity index (χ0) is 21.0. The van der Waals surface area contributed by atoms with Gasteiger partial charge in [0.25, 0.3) is 0 Å². The molecule has 0 fully saturated rings. The summed E-state index contributed by atoms with van der Waals surface area (Å²) in [5, 5.41) is 0. The molecule has 1 unspecified atom stereocenters. The minimum absolute atomic E-state index is 0.0349. The molecule has 4 heteroatoms. The molecule has 0 saturated carbocycles. The van der Waals surface area contributed by atoms with Crippen molar-refractivity contribution in [2.24, 2.45) is 0 Å². The summed E-state index contributed by atoms with van der Waals surface area (Å²) in [5.41, 5.74) is 0. The molecule has 0 bridgehead atoms. The molecule has 0 N–H and O–H groups in total. The third-order valence-electron chi connectivity index (χ3n) is 5.77. The summed E-state index contributed by atoms with van der Waals surface area (Å²) in [7, 11) is 0. The lowest BCUT2D eigenvalue weighted by Gasteiger charge is -2.18. The van der Waals surface area contributed by atoms with Gasteiger partial charge in [0, 0.05) is 24.9 Å². The Morgan fingerprint density at radius 2 is 1.41 bits per heavy atom. The summed E-state index contributed by atoms with van der Waals surface area (Å²) in [6.07, 6.45) is 26.6. The Morgan fingerprint density at radius 3 is 2.00 bits per heavy atom. The second kappa shape index (κ2) is 18.7. The predicted octanol–water partition coefficient (Wildman–Crippen LogP) is 7.64. The maximum absolute atomic E-state index is 11.7. The molecule has 0 saturated heterocycles. The molecule has 0 aliphatic heterocycles. The van der Waals surface area contributed by atoms with Crippen LogP contribution in [0.2, 0.25) is 0 Å². The van der Waals surface area contributed by atoms with E-state index in [4.69, 9.17) is 4.74 Å². The van der Waals surface area contributed by atoms with Gasteiger partial charge in [-0.25, -0.2) is 4.98 Å². The van der Waals surface area contributed by atoms with Crippen LogP contribution in [-0.2, 0) is 9.53 Å². The maximum Gasteiger partial charge on any atom is 0.305 e. The Labute approximate surface area is 179 Å². The van der Waals surface area contributed by atoms with E-state index in [9.17, 15) is 4.79 Å². The summed E-state index contributed by atoms with van der Waals surface area (Å²) >= 11 is 0. The van der Waals surface area contributed by atoms with Gasteiger partial charge >= 0.3 is 5.97 Å². The van der Waals surface area contributed by atoms with Gasteiger partial charge in [-0.1, -0.05) is 90.9 Å². The average Bonchev–Trinajstić information content (AvgIpc) is 3.26. The van der Waals surface area contributed by atoms with Gasteiger partial charge in [-0.2, -0.15) is 0 Å². The van der Waals surface area contributed by atoms with Crippen LogP contribution >= 0.6 is 0 Å². The number of imidazole rings is 1. The zero-order valence-electron chi connectivity index (χ0n) is 19.2. The molecule has 168 valence electrons. The van der Waals surface area contributed by atoms with Gasteiger partial charge in [0.1, 0.15) is 0 Å². The van der Waals surface area contributed by atoms with E-state index < -0.39 is 0 Å². The number of carbonyl (C=O) groups is 1. The monoisotopic (exact) mass is 406 g/mol. The highest BCUT2D eigenvalue weighted by atomic mass is 16.5. The van der Waals surface area contributed by atoms with Gasteiger partial charge in [0.2, 0.25) is 0 Å². The Morgan fingerprint density at radius 1 is 0.828 bits per heavy atom. The highest BCUT2D eigenvalue weighted by molar-refractivity contribution is 5.69. The molecule has 1 aromatic rings. The highest BCUT2D eigenvalue weighted by Gasteiger charge is 2.11. The molecular weight excluding hydrogens is 360 g/mol. The quantitative estimate of drug-likeness (QED) is 0.165. The van der Waals surface area contributed by atoms with E-state index in [0.29, 0.717) is 19.1 Å². The molecule has 29 heavy (non-hydrogen) atoms. The fourth-order valence-electron chi connectivity index (χ4n) is 3.85. The first-order valence-corrected chi connectivity index (χ1v) is 12.4. The van der Waals surface area contributed by atoms with Gasteiger partial charge in [-0.3, -0.25) is 4.79 Å². The first-order valence-electron chi connectivity index (χ1n) is 12.4. The summed E-state index contributed by atoms with van der Waals surface area (Å²) in [4.78, 5) is 16.0. The van der Waals surface area contributed by atoms with E-state index in [1.165, 1.54) is 70.6 Å². The SMILES string of the molecule is CCCCCCCCCCCCC(CCCCC(=O)OCCCC)n1ccnc1. The van der Waals surface area contributed by atoms with Crippen molar-refractivity contribution >= 4 is 5.97 Å².